The summed E-state index contributed by atoms with van der Waals surface area (Å²) in [6, 6.07) is 8.39. The number of ether oxygens (including phenoxy) is 2. The Morgan fingerprint density at radius 2 is 1.89 bits per heavy atom. The number of aromatic nitrogens is 3. The Morgan fingerprint density at radius 1 is 1.11 bits per heavy atom. The molecule has 1 aromatic carbocycles. The third-order valence-electron chi connectivity index (χ3n) is 3.64. The van der Waals surface area contributed by atoms with Gasteiger partial charge in [0.1, 0.15) is 6.61 Å². The van der Waals surface area contributed by atoms with Gasteiger partial charge in [-0.05, 0) is 45.0 Å². The van der Waals surface area contributed by atoms with Gasteiger partial charge in [-0.15, -0.1) is 0 Å². The first-order valence-corrected chi connectivity index (χ1v) is 8.56. The summed E-state index contributed by atoms with van der Waals surface area (Å²) in [5.41, 5.74) is 1.77. The monoisotopic (exact) mass is 370 g/mol. The third-order valence-corrected chi connectivity index (χ3v) is 3.64. The van der Waals surface area contributed by atoms with Crippen molar-refractivity contribution in [3.8, 4) is 5.88 Å². The van der Waals surface area contributed by atoms with E-state index in [2.05, 4.69) is 20.3 Å². The fourth-order valence-corrected chi connectivity index (χ4v) is 2.41. The van der Waals surface area contributed by atoms with Gasteiger partial charge in [-0.25, -0.2) is 9.78 Å². The number of carbonyl (C=O) groups is 1. The van der Waals surface area contributed by atoms with Crippen LogP contribution in [-0.4, -0.2) is 39.7 Å². The Hall–Kier alpha value is -3.13. The van der Waals surface area contributed by atoms with E-state index in [0.29, 0.717) is 41.4 Å². The summed E-state index contributed by atoms with van der Waals surface area (Å²) in [6.45, 7) is 6.76. The lowest BCUT2D eigenvalue weighted by Crippen LogP contribution is -2.22. The summed E-state index contributed by atoms with van der Waals surface area (Å²) in [6.07, 6.45) is 1.45. The maximum Gasteiger partial charge on any atom is 0.323 e. The molecule has 3 N–H and O–H groups in total. The largest absolute Gasteiger partial charge is 0.475 e. The summed E-state index contributed by atoms with van der Waals surface area (Å²) in [5.74, 6) is 0.123. The maximum absolute atomic E-state index is 12.3. The number of rotatable bonds is 6. The molecule has 0 aliphatic heterocycles. The predicted octanol–water partition coefficient (Wildman–Crippen LogP) is 2.70. The van der Waals surface area contributed by atoms with E-state index in [1.54, 1.807) is 30.3 Å². The first-order valence-electron chi connectivity index (χ1n) is 8.56. The van der Waals surface area contributed by atoms with Gasteiger partial charge in [-0.3, -0.25) is 4.79 Å². The Balaban J connectivity index is 1.57. The first-order chi connectivity index (χ1) is 12.8. The van der Waals surface area contributed by atoms with Gasteiger partial charge >= 0.3 is 5.69 Å². The highest BCUT2D eigenvalue weighted by atomic mass is 16.5. The molecule has 142 valence electrons. The molecule has 0 bridgehead atoms. The second-order valence-electron chi connectivity index (χ2n) is 6.99. The SMILES string of the molecule is CC(C)(C)OCCOc1ccc(C(=O)Nc2ccc3[nH]c(=O)[nH]c3c2)cn1. The summed E-state index contributed by atoms with van der Waals surface area (Å²) < 4.78 is 11.1. The number of hydrogen-bond donors (Lipinski definition) is 3. The highest BCUT2D eigenvalue weighted by molar-refractivity contribution is 6.04. The Bertz CT molecular complexity index is 983. The van der Waals surface area contributed by atoms with Crippen LogP contribution in [0.2, 0.25) is 0 Å². The summed E-state index contributed by atoms with van der Waals surface area (Å²) >= 11 is 0. The van der Waals surface area contributed by atoms with Crippen molar-refractivity contribution >= 4 is 22.6 Å². The molecule has 0 aliphatic rings. The number of anilines is 1. The number of pyridine rings is 1. The van der Waals surface area contributed by atoms with Gasteiger partial charge in [0.25, 0.3) is 5.91 Å². The molecule has 8 heteroatoms. The quantitative estimate of drug-likeness (QED) is 0.578. The van der Waals surface area contributed by atoms with E-state index in [1.807, 2.05) is 20.8 Å². The Morgan fingerprint density at radius 3 is 2.59 bits per heavy atom. The lowest BCUT2D eigenvalue weighted by Gasteiger charge is -2.19. The zero-order valence-electron chi connectivity index (χ0n) is 15.5. The molecule has 1 amide bonds. The molecule has 8 nitrogen and oxygen atoms in total. The van der Waals surface area contributed by atoms with E-state index in [4.69, 9.17) is 9.47 Å². The molecule has 3 aromatic rings. The van der Waals surface area contributed by atoms with Crippen LogP contribution in [0.1, 0.15) is 31.1 Å². The fourth-order valence-electron chi connectivity index (χ4n) is 2.41. The average molecular weight is 370 g/mol. The van der Waals surface area contributed by atoms with Crippen molar-refractivity contribution in [1.82, 2.24) is 15.0 Å². The van der Waals surface area contributed by atoms with Crippen LogP contribution < -0.4 is 15.7 Å². The molecule has 0 saturated carbocycles. The molecular formula is C19H22N4O4. The molecule has 0 saturated heterocycles. The van der Waals surface area contributed by atoms with E-state index in [9.17, 15) is 9.59 Å². The van der Waals surface area contributed by atoms with Gasteiger partial charge in [0.2, 0.25) is 5.88 Å². The molecule has 0 spiro atoms. The number of H-pyrrole nitrogens is 2. The van der Waals surface area contributed by atoms with Crippen LogP contribution in [0, 0.1) is 0 Å². The van der Waals surface area contributed by atoms with Crippen LogP contribution in [0.25, 0.3) is 11.0 Å². The Labute approximate surface area is 155 Å². The van der Waals surface area contributed by atoms with Gasteiger partial charge in [0, 0.05) is 18.0 Å². The molecule has 0 radical (unpaired) electrons. The number of nitrogens with one attached hydrogen (secondary N) is 3. The molecule has 3 rings (SSSR count). The van der Waals surface area contributed by atoms with E-state index in [-0.39, 0.29) is 17.2 Å². The molecule has 27 heavy (non-hydrogen) atoms. The number of amides is 1. The smallest absolute Gasteiger partial charge is 0.323 e. The highest BCUT2D eigenvalue weighted by Gasteiger charge is 2.10. The van der Waals surface area contributed by atoms with Crippen LogP contribution in [0.4, 0.5) is 5.69 Å². The summed E-state index contributed by atoms with van der Waals surface area (Å²) in [4.78, 5) is 33.1. The van der Waals surface area contributed by atoms with Crippen molar-refractivity contribution in [2.24, 2.45) is 0 Å². The lowest BCUT2D eigenvalue weighted by molar-refractivity contribution is -0.0168. The zero-order valence-corrected chi connectivity index (χ0v) is 15.5. The van der Waals surface area contributed by atoms with Crippen molar-refractivity contribution in [2.45, 2.75) is 26.4 Å². The number of fused-ring (bicyclic) bond motifs is 1. The average Bonchev–Trinajstić information content (AvgIpc) is 2.97. The van der Waals surface area contributed by atoms with Crippen molar-refractivity contribution in [3.05, 3.63) is 52.6 Å². The van der Waals surface area contributed by atoms with E-state index in [0.717, 1.165) is 0 Å². The second kappa shape index (κ2) is 7.63. The molecular weight excluding hydrogens is 348 g/mol. The van der Waals surface area contributed by atoms with Gasteiger partial charge in [0.15, 0.2) is 0 Å². The third kappa shape index (κ3) is 5.18. The van der Waals surface area contributed by atoms with Crippen LogP contribution in [0.5, 0.6) is 5.88 Å². The number of hydrogen-bond acceptors (Lipinski definition) is 5. The maximum atomic E-state index is 12.3. The normalized spacial score (nSPS) is 11.5. The molecule has 0 fully saturated rings. The minimum atomic E-state index is -0.303. The number of nitrogens with zero attached hydrogens (tertiary/aromatic N) is 1. The van der Waals surface area contributed by atoms with Gasteiger partial charge in [-0.2, -0.15) is 0 Å². The standard InChI is InChI=1S/C19H22N4O4/c1-19(2,3)27-9-8-26-16-7-4-12(11-20-16)17(24)21-13-5-6-14-15(10-13)23-18(25)22-14/h4-7,10-11H,8-9H2,1-3H3,(H,21,24)(H2,22,23,25). The van der Waals surface area contributed by atoms with Crippen LogP contribution >= 0.6 is 0 Å². The number of imidazole rings is 1. The van der Waals surface area contributed by atoms with E-state index < -0.39 is 0 Å². The summed E-state index contributed by atoms with van der Waals surface area (Å²) in [5, 5.41) is 2.77. The van der Waals surface area contributed by atoms with Gasteiger partial charge in [0.05, 0.1) is 28.8 Å². The molecule has 0 atom stereocenters. The van der Waals surface area contributed by atoms with Crippen LogP contribution in [-0.2, 0) is 4.74 Å². The zero-order chi connectivity index (χ0) is 19.4. The molecule has 0 aliphatic carbocycles. The van der Waals surface area contributed by atoms with Crippen molar-refractivity contribution < 1.29 is 14.3 Å². The van der Waals surface area contributed by atoms with Crippen molar-refractivity contribution in [1.29, 1.82) is 0 Å². The predicted molar refractivity (Wildman–Crippen MR) is 102 cm³/mol. The fraction of sp³-hybridized carbons (Fsp3) is 0.316. The van der Waals surface area contributed by atoms with Crippen LogP contribution in [0.15, 0.2) is 41.3 Å². The summed E-state index contributed by atoms with van der Waals surface area (Å²) in [7, 11) is 0. The van der Waals surface area contributed by atoms with Gasteiger partial charge < -0.3 is 24.8 Å². The highest BCUT2D eigenvalue weighted by Crippen LogP contribution is 2.16. The lowest BCUT2D eigenvalue weighted by atomic mass is 10.2. The molecule has 0 unspecified atom stereocenters. The van der Waals surface area contributed by atoms with Crippen LogP contribution in [0.3, 0.4) is 0 Å². The number of benzene rings is 1. The topological polar surface area (TPSA) is 109 Å². The second-order valence-corrected chi connectivity index (χ2v) is 6.99. The number of aromatic amines is 2. The van der Waals surface area contributed by atoms with Crippen molar-refractivity contribution in [3.63, 3.8) is 0 Å². The first kappa shape index (κ1) is 18.7. The minimum absolute atomic E-state index is 0.213. The molecule has 2 aromatic heterocycles. The number of carbonyl (C=O) groups excluding carboxylic acids is 1. The van der Waals surface area contributed by atoms with Crippen molar-refractivity contribution in [2.75, 3.05) is 18.5 Å². The van der Waals surface area contributed by atoms with E-state index in [1.165, 1.54) is 6.20 Å². The Kier molecular flexibility index (Phi) is 5.27. The minimum Gasteiger partial charge on any atom is -0.475 e. The molecule has 2 heterocycles. The van der Waals surface area contributed by atoms with E-state index >= 15 is 0 Å². The van der Waals surface area contributed by atoms with Gasteiger partial charge in [-0.1, -0.05) is 0 Å².